The second-order valence-electron chi connectivity index (χ2n) is 7.75. The van der Waals surface area contributed by atoms with E-state index in [9.17, 15) is 0 Å². The normalized spacial score (nSPS) is 14.8. The molecule has 2 aromatic heterocycles. The van der Waals surface area contributed by atoms with Crippen LogP contribution in [0.4, 0.5) is 5.95 Å². The van der Waals surface area contributed by atoms with Crippen molar-refractivity contribution >= 4 is 34.8 Å². The molecule has 32 heavy (non-hydrogen) atoms. The minimum absolute atomic E-state index is 0.491. The van der Waals surface area contributed by atoms with Crippen LogP contribution >= 0.6 is 23.2 Å². The van der Waals surface area contributed by atoms with Gasteiger partial charge in [0.25, 0.3) is 0 Å². The average molecular weight is 479 g/mol. The molecule has 2 N–H and O–H groups in total. The SMILES string of the molecule is CCOc1cc(Cl)c(-c2c(C)nn3c(NCCNC4CCOCC4)nc(C)nc23)c(Cl)c1. The van der Waals surface area contributed by atoms with E-state index in [1.165, 1.54) is 0 Å². The third-order valence-electron chi connectivity index (χ3n) is 5.41. The van der Waals surface area contributed by atoms with Crippen molar-refractivity contribution in [3.63, 3.8) is 0 Å². The Morgan fingerprint density at radius 3 is 2.50 bits per heavy atom. The molecule has 0 radical (unpaired) electrons. The van der Waals surface area contributed by atoms with Crippen LogP contribution < -0.4 is 15.4 Å². The number of hydrogen-bond acceptors (Lipinski definition) is 7. The van der Waals surface area contributed by atoms with Crippen molar-refractivity contribution in [1.29, 1.82) is 0 Å². The largest absolute Gasteiger partial charge is 0.494 e. The fourth-order valence-electron chi connectivity index (χ4n) is 3.94. The Labute approximate surface area is 197 Å². The van der Waals surface area contributed by atoms with E-state index in [4.69, 9.17) is 32.7 Å². The number of rotatable bonds is 8. The van der Waals surface area contributed by atoms with E-state index >= 15 is 0 Å². The van der Waals surface area contributed by atoms with E-state index in [1.807, 2.05) is 20.8 Å². The summed E-state index contributed by atoms with van der Waals surface area (Å²) in [5.41, 5.74) is 2.90. The fraction of sp³-hybridized carbons (Fsp3) is 0.500. The molecule has 3 heterocycles. The van der Waals surface area contributed by atoms with Crippen LogP contribution in [-0.2, 0) is 4.74 Å². The summed E-state index contributed by atoms with van der Waals surface area (Å²) < 4.78 is 12.7. The summed E-state index contributed by atoms with van der Waals surface area (Å²) in [6.45, 7) is 9.40. The summed E-state index contributed by atoms with van der Waals surface area (Å²) in [7, 11) is 0. The standard InChI is InChI=1S/C22H28Cl2N6O2/c1-4-32-16-11-17(23)20(18(24)12-16)19-13(2)29-30-21(19)27-14(3)28-22(30)26-8-7-25-15-5-9-31-10-6-15/h11-12,15,25H,4-10H2,1-3H3,(H,26,27,28). The van der Waals surface area contributed by atoms with E-state index in [0.29, 0.717) is 58.0 Å². The molecule has 0 atom stereocenters. The lowest BCUT2D eigenvalue weighted by Gasteiger charge is -2.23. The van der Waals surface area contributed by atoms with Crippen LogP contribution in [0.15, 0.2) is 12.1 Å². The van der Waals surface area contributed by atoms with Crippen molar-refractivity contribution in [3.05, 3.63) is 33.7 Å². The van der Waals surface area contributed by atoms with Gasteiger partial charge in [-0.05, 0) is 45.7 Å². The molecule has 0 spiro atoms. The fourth-order valence-corrected chi connectivity index (χ4v) is 4.60. The lowest BCUT2D eigenvalue weighted by atomic mass is 10.1. The third kappa shape index (κ3) is 4.93. The first-order valence-electron chi connectivity index (χ1n) is 10.9. The van der Waals surface area contributed by atoms with Crippen molar-refractivity contribution in [2.24, 2.45) is 0 Å². The van der Waals surface area contributed by atoms with E-state index in [-0.39, 0.29) is 0 Å². The predicted molar refractivity (Wildman–Crippen MR) is 127 cm³/mol. The van der Waals surface area contributed by atoms with Gasteiger partial charge in [0, 0.05) is 37.9 Å². The van der Waals surface area contributed by atoms with Crippen LogP contribution in [-0.4, -0.2) is 58.5 Å². The molecule has 3 aromatic rings. The maximum absolute atomic E-state index is 6.61. The highest BCUT2D eigenvalue weighted by Crippen LogP contribution is 2.41. The number of nitrogens with one attached hydrogen (secondary N) is 2. The average Bonchev–Trinajstić information content (AvgIpc) is 3.07. The molecule has 1 aliphatic rings. The van der Waals surface area contributed by atoms with Gasteiger partial charge in [-0.2, -0.15) is 14.6 Å². The van der Waals surface area contributed by atoms with Gasteiger partial charge in [-0.3, -0.25) is 0 Å². The van der Waals surface area contributed by atoms with Crippen LogP contribution in [0.1, 0.15) is 31.3 Å². The molecule has 8 nitrogen and oxygen atoms in total. The van der Waals surface area contributed by atoms with E-state index in [0.717, 1.165) is 43.9 Å². The first kappa shape index (κ1) is 23.0. The molecule has 1 fully saturated rings. The predicted octanol–water partition coefficient (Wildman–Crippen LogP) is 4.29. The molecule has 0 bridgehead atoms. The van der Waals surface area contributed by atoms with Gasteiger partial charge in [0.2, 0.25) is 5.95 Å². The van der Waals surface area contributed by atoms with Crippen molar-refractivity contribution in [3.8, 4) is 16.9 Å². The quantitative estimate of drug-likeness (QED) is 0.466. The van der Waals surface area contributed by atoms with Crippen LogP contribution in [0.3, 0.4) is 0 Å². The maximum Gasteiger partial charge on any atom is 0.227 e. The first-order chi connectivity index (χ1) is 15.5. The maximum atomic E-state index is 6.61. The molecule has 10 heteroatoms. The summed E-state index contributed by atoms with van der Waals surface area (Å²) in [5, 5.41) is 12.6. The molecular formula is C22H28Cl2N6O2. The monoisotopic (exact) mass is 478 g/mol. The highest BCUT2D eigenvalue weighted by atomic mass is 35.5. The van der Waals surface area contributed by atoms with E-state index in [2.05, 4.69) is 25.7 Å². The first-order valence-corrected chi connectivity index (χ1v) is 11.6. The minimum atomic E-state index is 0.491. The number of benzene rings is 1. The number of anilines is 1. The van der Waals surface area contributed by atoms with Crippen molar-refractivity contribution in [2.45, 2.75) is 39.7 Å². The summed E-state index contributed by atoms with van der Waals surface area (Å²) in [4.78, 5) is 9.21. The van der Waals surface area contributed by atoms with Crippen LogP contribution in [0, 0.1) is 13.8 Å². The molecule has 1 aromatic carbocycles. The number of hydrogen-bond donors (Lipinski definition) is 2. The van der Waals surface area contributed by atoms with Crippen LogP contribution in [0.25, 0.3) is 16.8 Å². The third-order valence-corrected chi connectivity index (χ3v) is 6.01. The summed E-state index contributed by atoms with van der Waals surface area (Å²) in [6, 6.07) is 4.04. The molecule has 1 aliphatic heterocycles. The Bertz CT molecular complexity index is 1070. The van der Waals surface area contributed by atoms with Gasteiger partial charge in [-0.25, -0.2) is 4.98 Å². The number of halogens is 2. The van der Waals surface area contributed by atoms with Gasteiger partial charge < -0.3 is 20.1 Å². The van der Waals surface area contributed by atoms with Crippen molar-refractivity contribution < 1.29 is 9.47 Å². The van der Waals surface area contributed by atoms with Gasteiger partial charge in [0.1, 0.15) is 11.6 Å². The van der Waals surface area contributed by atoms with Gasteiger partial charge in [0.05, 0.1) is 27.9 Å². The molecular weight excluding hydrogens is 451 g/mol. The Balaban J connectivity index is 1.61. The highest BCUT2D eigenvalue weighted by Gasteiger charge is 2.22. The lowest BCUT2D eigenvalue weighted by molar-refractivity contribution is 0.0784. The van der Waals surface area contributed by atoms with Crippen molar-refractivity contribution in [1.82, 2.24) is 24.9 Å². The second-order valence-corrected chi connectivity index (χ2v) is 8.57. The van der Waals surface area contributed by atoms with Crippen LogP contribution in [0.2, 0.25) is 10.0 Å². The van der Waals surface area contributed by atoms with E-state index in [1.54, 1.807) is 16.6 Å². The zero-order valence-corrected chi connectivity index (χ0v) is 20.1. The number of nitrogens with zero attached hydrogens (tertiary/aromatic N) is 4. The number of fused-ring (bicyclic) bond motifs is 1. The van der Waals surface area contributed by atoms with Crippen molar-refractivity contribution in [2.75, 3.05) is 38.2 Å². The minimum Gasteiger partial charge on any atom is -0.494 e. The topological polar surface area (TPSA) is 85.6 Å². The molecule has 0 unspecified atom stereocenters. The molecule has 4 rings (SSSR count). The summed E-state index contributed by atoms with van der Waals surface area (Å²) >= 11 is 13.2. The Kier molecular flexibility index (Phi) is 7.35. The van der Waals surface area contributed by atoms with Gasteiger partial charge >= 0.3 is 0 Å². The summed E-state index contributed by atoms with van der Waals surface area (Å²) in [6.07, 6.45) is 2.09. The molecule has 172 valence electrons. The lowest BCUT2D eigenvalue weighted by Crippen LogP contribution is -2.37. The smallest absolute Gasteiger partial charge is 0.227 e. The van der Waals surface area contributed by atoms with Gasteiger partial charge in [0.15, 0.2) is 5.65 Å². The van der Waals surface area contributed by atoms with Gasteiger partial charge in [-0.15, -0.1) is 0 Å². The Morgan fingerprint density at radius 2 is 1.81 bits per heavy atom. The number of aromatic nitrogens is 4. The zero-order chi connectivity index (χ0) is 22.7. The molecule has 1 saturated heterocycles. The second kappa shape index (κ2) is 10.2. The number of aryl methyl sites for hydroxylation is 2. The summed E-state index contributed by atoms with van der Waals surface area (Å²) in [5.74, 6) is 1.90. The molecule has 0 amide bonds. The van der Waals surface area contributed by atoms with Gasteiger partial charge in [-0.1, -0.05) is 23.2 Å². The van der Waals surface area contributed by atoms with Crippen LogP contribution in [0.5, 0.6) is 5.75 Å². The Hall–Kier alpha value is -2.13. The molecule has 0 aliphatic carbocycles. The number of ether oxygens (including phenoxy) is 2. The highest BCUT2D eigenvalue weighted by molar-refractivity contribution is 6.39. The zero-order valence-electron chi connectivity index (χ0n) is 18.5. The Morgan fingerprint density at radius 1 is 1.09 bits per heavy atom. The molecule has 0 saturated carbocycles. The van der Waals surface area contributed by atoms with E-state index < -0.39 is 0 Å².